The maximum Gasteiger partial charge on any atom is 0.356 e. The minimum absolute atomic E-state index is 0.110. The lowest BCUT2D eigenvalue weighted by Crippen LogP contribution is -1.99. The Bertz CT molecular complexity index is 889. The van der Waals surface area contributed by atoms with Gasteiger partial charge in [0.1, 0.15) is 0 Å². The van der Waals surface area contributed by atoms with Crippen molar-refractivity contribution >= 4 is 5.97 Å². The second kappa shape index (κ2) is 5.64. The lowest BCUT2D eigenvalue weighted by Gasteiger charge is -2.09. The fraction of sp³-hybridized carbons (Fsp3) is 0.0588. The summed E-state index contributed by atoms with van der Waals surface area (Å²) in [7, 11) is 1.55. The Morgan fingerprint density at radius 3 is 2.39 bits per heavy atom. The molecule has 4 nitrogen and oxygen atoms in total. The van der Waals surface area contributed by atoms with Crippen LogP contribution in [-0.4, -0.2) is 20.9 Å². The van der Waals surface area contributed by atoms with Crippen molar-refractivity contribution in [2.75, 3.05) is 0 Å². The number of rotatable bonds is 3. The first-order valence-electron chi connectivity index (χ1n) is 6.79. The summed E-state index contributed by atoms with van der Waals surface area (Å²) < 4.78 is 29.4. The van der Waals surface area contributed by atoms with Crippen LogP contribution in [0.15, 0.2) is 48.5 Å². The molecule has 2 aromatic carbocycles. The van der Waals surface area contributed by atoms with E-state index in [-0.39, 0.29) is 11.3 Å². The van der Waals surface area contributed by atoms with Crippen molar-refractivity contribution in [3.63, 3.8) is 0 Å². The van der Waals surface area contributed by atoms with E-state index < -0.39 is 17.6 Å². The van der Waals surface area contributed by atoms with E-state index in [9.17, 15) is 13.6 Å². The van der Waals surface area contributed by atoms with E-state index in [0.717, 1.165) is 6.07 Å². The number of benzene rings is 2. The molecule has 0 fully saturated rings. The molecule has 0 aliphatic carbocycles. The number of hydrogen-bond acceptors (Lipinski definition) is 2. The number of aromatic nitrogens is 2. The van der Waals surface area contributed by atoms with Crippen LogP contribution in [0.2, 0.25) is 0 Å². The van der Waals surface area contributed by atoms with Crippen LogP contribution in [0.25, 0.3) is 22.4 Å². The number of carboxylic acid groups (broad SMARTS) is 1. The number of nitrogens with zero attached hydrogens (tertiary/aromatic N) is 2. The number of carbonyl (C=O) groups is 1. The monoisotopic (exact) mass is 314 g/mol. The first-order chi connectivity index (χ1) is 11.0. The van der Waals surface area contributed by atoms with Crippen molar-refractivity contribution in [2.45, 2.75) is 0 Å². The zero-order valence-corrected chi connectivity index (χ0v) is 12.1. The van der Waals surface area contributed by atoms with E-state index in [4.69, 9.17) is 5.11 Å². The van der Waals surface area contributed by atoms with E-state index >= 15 is 0 Å². The zero-order chi connectivity index (χ0) is 16.6. The van der Waals surface area contributed by atoms with Crippen molar-refractivity contribution in [2.24, 2.45) is 7.05 Å². The van der Waals surface area contributed by atoms with Gasteiger partial charge in [-0.2, -0.15) is 5.10 Å². The molecule has 0 saturated heterocycles. The second-order valence-electron chi connectivity index (χ2n) is 5.03. The molecule has 0 radical (unpaired) electrons. The van der Waals surface area contributed by atoms with E-state index in [1.54, 1.807) is 37.4 Å². The lowest BCUT2D eigenvalue weighted by atomic mass is 10.0. The van der Waals surface area contributed by atoms with Gasteiger partial charge in [-0.25, -0.2) is 13.6 Å². The number of carboxylic acids is 1. The standard InChI is InChI=1S/C17H12F2N2O2/c1-21-15(9-14(20-21)17(22)23)11-7-12(16(19)13(18)8-11)10-5-3-2-4-6-10/h2-9H,1H3,(H,22,23). The minimum Gasteiger partial charge on any atom is -0.476 e. The highest BCUT2D eigenvalue weighted by atomic mass is 19.2. The molecule has 1 heterocycles. The third-order valence-corrected chi connectivity index (χ3v) is 3.51. The van der Waals surface area contributed by atoms with Gasteiger partial charge in [0.15, 0.2) is 17.3 Å². The molecule has 3 rings (SSSR count). The van der Waals surface area contributed by atoms with Gasteiger partial charge in [0.05, 0.1) is 5.69 Å². The van der Waals surface area contributed by atoms with E-state index in [2.05, 4.69) is 5.10 Å². The molecule has 1 N–H and O–H groups in total. The van der Waals surface area contributed by atoms with Gasteiger partial charge in [-0.15, -0.1) is 0 Å². The Labute approximate surface area is 130 Å². The minimum atomic E-state index is -1.18. The average molecular weight is 314 g/mol. The van der Waals surface area contributed by atoms with Crippen LogP contribution in [0.3, 0.4) is 0 Å². The van der Waals surface area contributed by atoms with Gasteiger partial charge < -0.3 is 5.11 Å². The van der Waals surface area contributed by atoms with Crippen molar-refractivity contribution in [3.05, 3.63) is 65.9 Å². The quantitative estimate of drug-likeness (QED) is 0.801. The molecule has 0 spiro atoms. The van der Waals surface area contributed by atoms with Crippen molar-refractivity contribution in [1.29, 1.82) is 0 Å². The maximum absolute atomic E-state index is 14.1. The van der Waals surface area contributed by atoms with Crippen LogP contribution in [-0.2, 0) is 7.05 Å². The first kappa shape index (κ1) is 14.9. The average Bonchev–Trinajstić information content (AvgIpc) is 2.93. The van der Waals surface area contributed by atoms with Gasteiger partial charge >= 0.3 is 5.97 Å². The number of hydrogen-bond donors (Lipinski definition) is 1. The molecule has 0 aliphatic heterocycles. The summed E-state index contributed by atoms with van der Waals surface area (Å²) in [5, 5.41) is 12.8. The summed E-state index contributed by atoms with van der Waals surface area (Å²) in [6.07, 6.45) is 0. The van der Waals surface area contributed by atoms with Gasteiger partial charge in [-0.1, -0.05) is 30.3 Å². The smallest absolute Gasteiger partial charge is 0.356 e. The molecule has 1 aromatic heterocycles. The van der Waals surface area contributed by atoms with Crippen LogP contribution in [0.1, 0.15) is 10.5 Å². The molecule has 23 heavy (non-hydrogen) atoms. The fourth-order valence-electron chi connectivity index (χ4n) is 2.41. The molecule has 0 amide bonds. The second-order valence-corrected chi connectivity index (χ2v) is 5.03. The molecule has 6 heteroatoms. The van der Waals surface area contributed by atoms with Crippen LogP contribution in [0.5, 0.6) is 0 Å². The molecule has 3 aromatic rings. The molecule has 0 aliphatic rings. The number of aryl methyl sites for hydroxylation is 1. The Kier molecular flexibility index (Phi) is 3.65. The normalized spacial score (nSPS) is 10.7. The summed E-state index contributed by atoms with van der Waals surface area (Å²) in [5.74, 6) is -3.13. The van der Waals surface area contributed by atoms with Crippen molar-refractivity contribution in [3.8, 4) is 22.4 Å². The van der Waals surface area contributed by atoms with E-state index in [0.29, 0.717) is 16.8 Å². The number of halogens is 2. The molecular weight excluding hydrogens is 302 g/mol. The third kappa shape index (κ3) is 2.70. The molecule has 0 bridgehead atoms. The highest BCUT2D eigenvalue weighted by Crippen LogP contribution is 2.30. The molecule has 116 valence electrons. The predicted octanol–water partition coefficient (Wildman–Crippen LogP) is 3.73. The molecule has 0 atom stereocenters. The maximum atomic E-state index is 14.1. The van der Waals surface area contributed by atoms with Crippen LogP contribution in [0.4, 0.5) is 8.78 Å². The summed E-state index contributed by atoms with van der Waals surface area (Å²) in [4.78, 5) is 11.0. The molecule has 0 unspecified atom stereocenters. The Morgan fingerprint density at radius 1 is 1.09 bits per heavy atom. The Balaban J connectivity index is 2.19. The van der Waals surface area contributed by atoms with E-state index in [1.165, 1.54) is 16.8 Å². The van der Waals surface area contributed by atoms with Crippen molar-refractivity contribution < 1.29 is 18.7 Å². The Hall–Kier alpha value is -3.02. The zero-order valence-electron chi connectivity index (χ0n) is 12.1. The van der Waals surface area contributed by atoms with Gasteiger partial charge in [-0.3, -0.25) is 4.68 Å². The third-order valence-electron chi connectivity index (χ3n) is 3.51. The lowest BCUT2D eigenvalue weighted by molar-refractivity contribution is 0.0689. The van der Waals surface area contributed by atoms with Crippen LogP contribution in [0, 0.1) is 11.6 Å². The Morgan fingerprint density at radius 2 is 1.78 bits per heavy atom. The largest absolute Gasteiger partial charge is 0.476 e. The van der Waals surface area contributed by atoms with Gasteiger partial charge in [0.2, 0.25) is 0 Å². The molecule has 0 saturated carbocycles. The van der Waals surface area contributed by atoms with Gasteiger partial charge in [0, 0.05) is 18.2 Å². The SMILES string of the molecule is Cn1nc(C(=O)O)cc1-c1cc(F)c(F)c(-c2ccccc2)c1. The highest BCUT2D eigenvalue weighted by Gasteiger charge is 2.17. The molecular formula is C17H12F2N2O2. The topological polar surface area (TPSA) is 55.1 Å². The summed E-state index contributed by atoms with van der Waals surface area (Å²) in [6.45, 7) is 0. The summed E-state index contributed by atoms with van der Waals surface area (Å²) >= 11 is 0. The van der Waals surface area contributed by atoms with E-state index in [1.807, 2.05) is 0 Å². The predicted molar refractivity (Wildman–Crippen MR) is 81.0 cm³/mol. The summed E-state index contributed by atoms with van der Waals surface area (Å²) in [6, 6.07) is 12.4. The van der Waals surface area contributed by atoms with Crippen LogP contribution < -0.4 is 0 Å². The van der Waals surface area contributed by atoms with Gasteiger partial charge in [0.25, 0.3) is 0 Å². The number of aromatic carboxylic acids is 1. The van der Waals surface area contributed by atoms with Crippen molar-refractivity contribution in [1.82, 2.24) is 9.78 Å². The first-order valence-corrected chi connectivity index (χ1v) is 6.79. The van der Waals surface area contributed by atoms with Gasteiger partial charge in [-0.05, 0) is 23.8 Å². The fourth-order valence-corrected chi connectivity index (χ4v) is 2.41. The van der Waals surface area contributed by atoms with Crippen LogP contribution >= 0.6 is 0 Å². The summed E-state index contributed by atoms with van der Waals surface area (Å²) in [5.41, 5.74) is 1.22. The highest BCUT2D eigenvalue weighted by molar-refractivity contribution is 5.87.